The summed E-state index contributed by atoms with van der Waals surface area (Å²) in [5.74, 6) is 0. The number of carbonyl (C=O) groups is 1. The third kappa shape index (κ3) is 4.07. The van der Waals surface area contributed by atoms with Crippen molar-refractivity contribution >= 4 is 22.6 Å². The van der Waals surface area contributed by atoms with Gasteiger partial charge in [-0.3, -0.25) is 5.32 Å². The molecule has 0 unspecified atom stereocenters. The lowest BCUT2D eigenvalue weighted by Crippen LogP contribution is -2.50. The highest BCUT2D eigenvalue weighted by Gasteiger charge is 2.22. The first-order chi connectivity index (χ1) is 8.83. The SMILES string of the molecule is Cc1nc(NC(=O)OC(C)(C)C)sc1OC1CNC1. The van der Waals surface area contributed by atoms with Gasteiger partial charge in [-0.2, -0.15) is 0 Å². The predicted molar refractivity (Wildman–Crippen MR) is 74.0 cm³/mol. The van der Waals surface area contributed by atoms with E-state index in [1.54, 1.807) is 0 Å². The molecule has 19 heavy (non-hydrogen) atoms. The molecule has 1 fully saturated rings. The predicted octanol–water partition coefficient (Wildman–Crippen LogP) is 2.15. The molecule has 0 spiro atoms. The van der Waals surface area contributed by atoms with E-state index < -0.39 is 11.7 Å². The second-order valence-electron chi connectivity index (χ2n) is 5.42. The van der Waals surface area contributed by atoms with E-state index in [1.807, 2.05) is 27.7 Å². The number of amides is 1. The van der Waals surface area contributed by atoms with Crippen molar-refractivity contribution in [2.45, 2.75) is 39.4 Å². The van der Waals surface area contributed by atoms with Crippen LogP contribution in [0, 0.1) is 6.92 Å². The fourth-order valence-corrected chi connectivity index (χ4v) is 2.30. The van der Waals surface area contributed by atoms with Crippen LogP contribution in [0.2, 0.25) is 0 Å². The normalized spacial score (nSPS) is 15.8. The van der Waals surface area contributed by atoms with E-state index in [-0.39, 0.29) is 6.10 Å². The Morgan fingerprint density at radius 2 is 2.16 bits per heavy atom. The number of thiazole rings is 1. The summed E-state index contributed by atoms with van der Waals surface area (Å²) < 4.78 is 10.9. The van der Waals surface area contributed by atoms with E-state index in [2.05, 4.69) is 15.6 Å². The average molecular weight is 285 g/mol. The van der Waals surface area contributed by atoms with Gasteiger partial charge in [-0.05, 0) is 27.7 Å². The van der Waals surface area contributed by atoms with E-state index >= 15 is 0 Å². The van der Waals surface area contributed by atoms with Gasteiger partial charge in [0.25, 0.3) is 0 Å². The van der Waals surface area contributed by atoms with Crippen LogP contribution in [0.3, 0.4) is 0 Å². The molecule has 1 aliphatic heterocycles. The van der Waals surface area contributed by atoms with E-state index in [9.17, 15) is 4.79 Å². The molecule has 0 aliphatic carbocycles. The number of hydrogen-bond donors (Lipinski definition) is 2. The van der Waals surface area contributed by atoms with Gasteiger partial charge >= 0.3 is 6.09 Å². The monoisotopic (exact) mass is 285 g/mol. The van der Waals surface area contributed by atoms with Crippen molar-refractivity contribution in [3.05, 3.63) is 5.69 Å². The summed E-state index contributed by atoms with van der Waals surface area (Å²) in [5, 5.41) is 7.00. The van der Waals surface area contributed by atoms with Gasteiger partial charge in [-0.1, -0.05) is 11.3 Å². The minimum Gasteiger partial charge on any atom is -0.476 e. The van der Waals surface area contributed by atoms with Gasteiger partial charge in [-0.15, -0.1) is 0 Å². The molecule has 0 aromatic carbocycles. The first-order valence-corrected chi connectivity index (χ1v) is 7.00. The fraction of sp³-hybridized carbons (Fsp3) is 0.667. The molecule has 1 saturated heterocycles. The first-order valence-electron chi connectivity index (χ1n) is 6.18. The van der Waals surface area contributed by atoms with E-state index in [0.717, 1.165) is 23.8 Å². The molecule has 1 aromatic rings. The summed E-state index contributed by atoms with van der Waals surface area (Å²) in [4.78, 5) is 15.9. The second kappa shape index (κ2) is 5.34. The minimum atomic E-state index is -0.521. The number of hydrogen-bond acceptors (Lipinski definition) is 6. The van der Waals surface area contributed by atoms with Gasteiger partial charge in [0.15, 0.2) is 10.2 Å². The topological polar surface area (TPSA) is 72.5 Å². The molecule has 2 N–H and O–H groups in total. The molecule has 0 bridgehead atoms. The third-order valence-electron chi connectivity index (χ3n) is 2.38. The Labute approximate surface area is 116 Å². The first kappa shape index (κ1) is 14.1. The molecule has 7 heteroatoms. The second-order valence-corrected chi connectivity index (χ2v) is 6.38. The van der Waals surface area contributed by atoms with Crippen LogP contribution in [0.5, 0.6) is 5.06 Å². The Bertz CT molecular complexity index is 463. The Morgan fingerprint density at radius 3 is 2.68 bits per heavy atom. The van der Waals surface area contributed by atoms with Crippen LogP contribution in [0.25, 0.3) is 0 Å². The molecule has 2 rings (SSSR count). The van der Waals surface area contributed by atoms with Gasteiger partial charge in [0.2, 0.25) is 0 Å². The molecule has 0 atom stereocenters. The zero-order valence-corrected chi connectivity index (χ0v) is 12.4. The molecule has 6 nitrogen and oxygen atoms in total. The van der Waals surface area contributed by atoms with Crippen molar-refractivity contribution in [2.75, 3.05) is 18.4 Å². The Kier molecular flexibility index (Phi) is 3.96. The van der Waals surface area contributed by atoms with Crippen LogP contribution in [0.4, 0.5) is 9.93 Å². The maximum atomic E-state index is 11.6. The summed E-state index contributed by atoms with van der Waals surface area (Å²) in [5.41, 5.74) is 0.260. The summed E-state index contributed by atoms with van der Waals surface area (Å²) in [7, 11) is 0. The largest absolute Gasteiger partial charge is 0.476 e. The lowest BCUT2D eigenvalue weighted by atomic mass is 10.2. The average Bonchev–Trinajstić information content (AvgIpc) is 2.49. The molecule has 2 heterocycles. The number of nitrogens with zero attached hydrogens (tertiary/aromatic N) is 1. The van der Waals surface area contributed by atoms with Crippen molar-refractivity contribution in [2.24, 2.45) is 0 Å². The Hall–Kier alpha value is -1.34. The summed E-state index contributed by atoms with van der Waals surface area (Å²) in [6.07, 6.45) is -0.299. The molecule has 0 saturated carbocycles. The number of aromatic nitrogens is 1. The third-order valence-corrected chi connectivity index (χ3v) is 3.34. The molecule has 106 valence electrons. The molecular weight excluding hydrogens is 266 g/mol. The number of anilines is 1. The van der Waals surface area contributed by atoms with Gasteiger partial charge in [0.05, 0.1) is 5.69 Å². The van der Waals surface area contributed by atoms with Gasteiger partial charge < -0.3 is 14.8 Å². The number of aryl methyl sites for hydroxylation is 1. The molecule has 1 aliphatic rings. The summed E-state index contributed by atoms with van der Waals surface area (Å²) in [6, 6.07) is 0. The number of carbonyl (C=O) groups excluding carboxylic acids is 1. The summed E-state index contributed by atoms with van der Waals surface area (Å²) >= 11 is 1.32. The van der Waals surface area contributed by atoms with Gasteiger partial charge in [0, 0.05) is 13.1 Å². The quantitative estimate of drug-likeness (QED) is 0.890. The highest BCUT2D eigenvalue weighted by Crippen LogP contribution is 2.31. The standard InChI is InChI=1S/C12H19N3O3S/c1-7-9(17-8-5-13-6-8)19-10(14-7)15-11(16)18-12(2,3)4/h8,13H,5-6H2,1-4H3,(H,14,15,16). The molecule has 1 aromatic heterocycles. The highest BCUT2D eigenvalue weighted by atomic mass is 32.1. The van der Waals surface area contributed by atoms with Crippen LogP contribution in [-0.2, 0) is 4.74 Å². The van der Waals surface area contributed by atoms with Crippen molar-refractivity contribution in [1.82, 2.24) is 10.3 Å². The maximum absolute atomic E-state index is 11.6. The van der Waals surface area contributed by atoms with Crippen LogP contribution < -0.4 is 15.4 Å². The van der Waals surface area contributed by atoms with Crippen LogP contribution in [-0.4, -0.2) is 35.9 Å². The Morgan fingerprint density at radius 1 is 1.47 bits per heavy atom. The lowest BCUT2D eigenvalue weighted by molar-refractivity contribution is 0.0636. The van der Waals surface area contributed by atoms with E-state index in [1.165, 1.54) is 11.3 Å². The van der Waals surface area contributed by atoms with Crippen LogP contribution in [0.15, 0.2) is 0 Å². The number of nitrogens with one attached hydrogen (secondary N) is 2. The van der Waals surface area contributed by atoms with Crippen molar-refractivity contribution in [3.8, 4) is 5.06 Å². The fourth-order valence-electron chi connectivity index (χ4n) is 1.43. The Balaban J connectivity index is 1.93. The van der Waals surface area contributed by atoms with E-state index in [4.69, 9.17) is 9.47 Å². The van der Waals surface area contributed by atoms with Gasteiger partial charge in [0.1, 0.15) is 11.7 Å². The highest BCUT2D eigenvalue weighted by molar-refractivity contribution is 7.17. The van der Waals surface area contributed by atoms with E-state index in [0.29, 0.717) is 5.13 Å². The van der Waals surface area contributed by atoms with Crippen molar-refractivity contribution in [1.29, 1.82) is 0 Å². The zero-order valence-electron chi connectivity index (χ0n) is 11.6. The number of ether oxygens (including phenoxy) is 2. The summed E-state index contributed by atoms with van der Waals surface area (Å²) in [6.45, 7) is 9.02. The number of rotatable bonds is 3. The van der Waals surface area contributed by atoms with Crippen LogP contribution >= 0.6 is 11.3 Å². The molecular formula is C12H19N3O3S. The maximum Gasteiger partial charge on any atom is 0.413 e. The molecule has 1 amide bonds. The van der Waals surface area contributed by atoms with Crippen molar-refractivity contribution < 1.29 is 14.3 Å². The van der Waals surface area contributed by atoms with Crippen LogP contribution in [0.1, 0.15) is 26.5 Å². The smallest absolute Gasteiger partial charge is 0.413 e. The minimum absolute atomic E-state index is 0.202. The lowest BCUT2D eigenvalue weighted by Gasteiger charge is -2.27. The van der Waals surface area contributed by atoms with Crippen molar-refractivity contribution in [3.63, 3.8) is 0 Å². The zero-order chi connectivity index (χ0) is 14.0. The molecule has 0 radical (unpaired) electrons. The van der Waals surface area contributed by atoms with Gasteiger partial charge in [-0.25, -0.2) is 9.78 Å².